The molecule has 0 saturated carbocycles. The summed E-state index contributed by atoms with van der Waals surface area (Å²) in [5.74, 6) is -0.312. The van der Waals surface area contributed by atoms with Crippen LogP contribution in [-0.4, -0.2) is 44.3 Å². The molecular formula is C12H21NO3S. The second-order valence-corrected chi connectivity index (χ2v) is 6.47. The number of nitrogens with zero attached hydrogens (tertiary/aromatic N) is 1. The zero-order chi connectivity index (χ0) is 13.5. The van der Waals surface area contributed by atoms with E-state index in [1.165, 1.54) is 12.5 Å². The lowest BCUT2D eigenvalue weighted by Gasteiger charge is -2.23. The lowest BCUT2D eigenvalue weighted by molar-refractivity contribution is -0.884. The first kappa shape index (κ1) is 16.1. The quantitative estimate of drug-likeness (QED) is 0.609. The van der Waals surface area contributed by atoms with Crippen molar-refractivity contribution in [1.82, 2.24) is 0 Å². The van der Waals surface area contributed by atoms with Gasteiger partial charge in [0.2, 0.25) is 0 Å². The minimum Gasteiger partial charge on any atom is -0.748 e. The van der Waals surface area contributed by atoms with Crippen LogP contribution in [0.5, 0.6) is 0 Å². The molecule has 0 atom stereocenters. The first-order valence-corrected chi connectivity index (χ1v) is 7.00. The van der Waals surface area contributed by atoms with Crippen molar-refractivity contribution in [3.63, 3.8) is 0 Å². The van der Waals surface area contributed by atoms with E-state index in [1.807, 2.05) is 0 Å². The number of hydrogen-bond acceptors (Lipinski definition) is 3. The standard InChI is InChI=1S/C10H16N.C2H6O3S/c1-11(2,3)9-10-7-5-4-6-8-10;1-2-6(3,4)5/h4-8H,9H2,1-3H3;2H2,1H3,(H,3,4,5)/q+1;/p-1. The van der Waals surface area contributed by atoms with E-state index >= 15 is 0 Å². The number of rotatable bonds is 3. The van der Waals surface area contributed by atoms with Crippen molar-refractivity contribution in [2.24, 2.45) is 0 Å². The summed E-state index contributed by atoms with van der Waals surface area (Å²) < 4.78 is 29.3. The molecule has 0 aliphatic carbocycles. The first-order valence-electron chi connectivity index (χ1n) is 5.42. The van der Waals surface area contributed by atoms with E-state index in [0.29, 0.717) is 0 Å². The monoisotopic (exact) mass is 259 g/mol. The maximum atomic E-state index is 9.44. The molecule has 0 radical (unpaired) electrons. The molecular weight excluding hydrogens is 238 g/mol. The summed E-state index contributed by atoms with van der Waals surface area (Å²) in [6.45, 7) is 2.41. The molecule has 0 heterocycles. The van der Waals surface area contributed by atoms with E-state index in [-0.39, 0.29) is 5.75 Å². The minimum absolute atomic E-state index is 0.312. The van der Waals surface area contributed by atoms with E-state index < -0.39 is 10.1 Å². The van der Waals surface area contributed by atoms with Gasteiger partial charge in [-0.3, -0.25) is 0 Å². The van der Waals surface area contributed by atoms with Crippen LogP contribution in [-0.2, 0) is 16.7 Å². The fraction of sp³-hybridized carbons (Fsp3) is 0.500. The lowest BCUT2D eigenvalue weighted by Crippen LogP contribution is -2.33. The molecule has 0 aliphatic heterocycles. The Hall–Kier alpha value is -0.910. The van der Waals surface area contributed by atoms with Gasteiger partial charge in [-0.25, -0.2) is 8.42 Å². The third-order valence-electron chi connectivity index (χ3n) is 1.85. The van der Waals surface area contributed by atoms with Gasteiger partial charge in [0.25, 0.3) is 0 Å². The summed E-state index contributed by atoms with van der Waals surface area (Å²) in [5.41, 5.74) is 1.40. The SMILES string of the molecule is CCS(=O)(=O)[O-].C[N+](C)(C)Cc1ccccc1. The van der Waals surface area contributed by atoms with Gasteiger partial charge in [-0.15, -0.1) is 0 Å². The smallest absolute Gasteiger partial charge is 0.104 e. The Morgan fingerprint density at radius 3 is 1.82 bits per heavy atom. The van der Waals surface area contributed by atoms with Gasteiger partial charge in [0.05, 0.1) is 31.3 Å². The van der Waals surface area contributed by atoms with E-state index in [0.717, 1.165) is 11.0 Å². The third-order valence-corrected chi connectivity index (χ3v) is 2.56. The molecule has 1 rings (SSSR count). The van der Waals surface area contributed by atoms with E-state index in [9.17, 15) is 13.0 Å². The van der Waals surface area contributed by atoms with Crippen molar-refractivity contribution in [3.8, 4) is 0 Å². The normalized spacial score (nSPS) is 11.6. The summed E-state index contributed by atoms with van der Waals surface area (Å²) in [4.78, 5) is 0. The molecule has 1 aromatic rings. The van der Waals surface area contributed by atoms with Crippen LogP contribution in [0.3, 0.4) is 0 Å². The molecule has 0 saturated heterocycles. The van der Waals surface area contributed by atoms with E-state index in [1.54, 1.807) is 0 Å². The Balaban J connectivity index is 0.000000366. The molecule has 0 amide bonds. The van der Waals surface area contributed by atoms with Crippen molar-refractivity contribution in [2.75, 3.05) is 26.9 Å². The molecule has 0 aromatic heterocycles. The number of benzene rings is 1. The first-order chi connectivity index (χ1) is 7.64. The molecule has 0 bridgehead atoms. The maximum Gasteiger partial charge on any atom is 0.104 e. The predicted molar refractivity (Wildman–Crippen MR) is 68.4 cm³/mol. The molecule has 1 aromatic carbocycles. The van der Waals surface area contributed by atoms with Crippen LogP contribution in [0.25, 0.3) is 0 Å². The molecule has 0 N–H and O–H groups in total. The zero-order valence-corrected chi connectivity index (χ0v) is 11.7. The van der Waals surface area contributed by atoms with Crippen LogP contribution >= 0.6 is 0 Å². The Labute approximate surface area is 104 Å². The van der Waals surface area contributed by atoms with Gasteiger partial charge in [-0.1, -0.05) is 37.3 Å². The Morgan fingerprint density at radius 1 is 1.12 bits per heavy atom. The highest BCUT2D eigenvalue weighted by Crippen LogP contribution is 2.05. The average molecular weight is 259 g/mol. The fourth-order valence-corrected chi connectivity index (χ4v) is 1.13. The van der Waals surface area contributed by atoms with Gasteiger partial charge < -0.3 is 9.04 Å². The molecule has 98 valence electrons. The molecule has 0 fully saturated rings. The number of quaternary nitrogens is 1. The Kier molecular flexibility index (Phi) is 6.37. The largest absolute Gasteiger partial charge is 0.748 e. The maximum absolute atomic E-state index is 9.44. The molecule has 0 unspecified atom stereocenters. The summed E-state index contributed by atoms with van der Waals surface area (Å²) in [6, 6.07) is 10.6. The van der Waals surface area contributed by atoms with E-state index in [4.69, 9.17) is 0 Å². The summed E-state index contributed by atoms with van der Waals surface area (Å²) >= 11 is 0. The predicted octanol–water partition coefficient (Wildman–Crippen LogP) is 1.44. The topological polar surface area (TPSA) is 57.2 Å². The summed E-state index contributed by atoms with van der Waals surface area (Å²) in [6.07, 6.45) is 0. The highest BCUT2D eigenvalue weighted by atomic mass is 32.2. The minimum atomic E-state index is -3.91. The third kappa shape index (κ3) is 11.4. The summed E-state index contributed by atoms with van der Waals surface area (Å²) in [7, 11) is 2.69. The molecule has 0 spiro atoms. The van der Waals surface area contributed by atoms with Crippen molar-refractivity contribution in [3.05, 3.63) is 35.9 Å². The summed E-state index contributed by atoms with van der Waals surface area (Å²) in [5, 5.41) is 0. The van der Waals surface area contributed by atoms with Crippen LogP contribution in [0.2, 0.25) is 0 Å². The molecule has 0 aliphatic rings. The Morgan fingerprint density at radius 2 is 1.53 bits per heavy atom. The van der Waals surface area contributed by atoms with Crippen molar-refractivity contribution in [2.45, 2.75) is 13.5 Å². The average Bonchev–Trinajstić information content (AvgIpc) is 2.16. The number of hydrogen-bond donors (Lipinski definition) is 0. The fourth-order valence-electron chi connectivity index (χ4n) is 1.13. The van der Waals surface area contributed by atoms with Crippen molar-refractivity contribution in [1.29, 1.82) is 0 Å². The van der Waals surface area contributed by atoms with Gasteiger partial charge in [-0.2, -0.15) is 0 Å². The van der Waals surface area contributed by atoms with E-state index in [2.05, 4.69) is 51.5 Å². The van der Waals surface area contributed by atoms with Gasteiger partial charge in [0, 0.05) is 11.3 Å². The van der Waals surface area contributed by atoms with Crippen LogP contribution in [0.4, 0.5) is 0 Å². The lowest BCUT2D eigenvalue weighted by atomic mass is 10.2. The van der Waals surface area contributed by atoms with Gasteiger partial charge in [-0.05, 0) is 0 Å². The molecule has 4 nitrogen and oxygen atoms in total. The highest BCUT2D eigenvalue weighted by molar-refractivity contribution is 7.85. The van der Waals surface area contributed by atoms with Crippen molar-refractivity contribution < 1.29 is 17.5 Å². The Bertz CT molecular complexity index is 407. The molecule has 17 heavy (non-hydrogen) atoms. The van der Waals surface area contributed by atoms with Crippen LogP contribution in [0.1, 0.15) is 12.5 Å². The van der Waals surface area contributed by atoms with Gasteiger partial charge >= 0.3 is 0 Å². The van der Waals surface area contributed by atoms with Crippen LogP contribution in [0, 0.1) is 0 Å². The second-order valence-electron chi connectivity index (χ2n) is 4.78. The van der Waals surface area contributed by atoms with Crippen LogP contribution < -0.4 is 0 Å². The van der Waals surface area contributed by atoms with Crippen LogP contribution in [0.15, 0.2) is 30.3 Å². The van der Waals surface area contributed by atoms with Gasteiger partial charge in [0.15, 0.2) is 0 Å². The van der Waals surface area contributed by atoms with Crippen molar-refractivity contribution >= 4 is 10.1 Å². The van der Waals surface area contributed by atoms with Gasteiger partial charge in [0.1, 0.15) is 6.54 Å². The molecule has 5 heteroatoms. The highest BCUT2D eigenvalue weighted by Gasteiger charge is 2.06. The zero-order valence-electron chi connectivity index (χ0n) is 10.9. The second kappa shape index (κ2) is 6.74.